The molecule has 0 spiro atoms. The molecule has 2 N–H and O–H groups in total. The first-order chi connectivity index (χ1) is 9.73. The van der Waals surface area contributed by atoms with E-state index < -0.39 is 5.60 Å². The first kappa shape index (κ1) is 18.2. The monoisotopic (exact) mass is 300 g/mol. The average Bonchev–Trinajstić information content (AvgIpc) is 2.37. The number of piperidine rings is 1. The first-order valence-corrected chi connectivity index (χ1v) is 8.05. The van der Waals surface area contributed by atoms with Crippen LogP contribution in [0.5, 0.6) is 0 Å². The zero-order valence-corrected chi connectivity index (χ0v) is 14.2. The number of ether oxygens (including phenoxy) is 1. The lowest BCUT2D eigenvalue weighted by Crippen LogP contribution is -2.45. The van der Waals surface area contributed by atoms with Crippen molar-refractivity contribution in [1.29, 1.82) is 0 Å². The van der Waals surface area contributed by atoms with Gasteiger partial charge in [-0.1, -0.05) is 13.8 Å². The predicted molar refractivity (Wildman–Crippen MR) is 84.2 cm³/mol. The largest absolute Gasteiger partial charge is 0.444 e. The van der Waals surface area contributed by atoms with E-state index >= 15 is 0 Å². The molecule has 0 saturated carbocycles. The number of aliphatic hydroxyl groups excluding tert-OH is 1. The molecule has 0 radical (unpaired) electrons. The summed E-state index contributed by atoms with van der Waals surface area (Å²) in [4.78, 5) is 13.8. The maximum absolute atomic E-state index is 12.0. The minimum atomic E-state index is -0.429. The fourth-order valence-electron chi connectivity index (χ4n) is 2.48. The van der Waals surface area contributed by atoms with E-state index in [1.165, 1.54) is 0 Å². The number of hydrogen-bond acceptors (Lipinski definition) is 4. The van der Waals surface area contributed by atoms with Gasteiger partial charge in [-0.2, -0.15) is 0 Å². The Bertz CT molecular complexity index is 318. The molecule has 1 saturated heterocycles. The first-order valence-electron chi connectivity index (χ1n) is 8.05. The van der Waals surface area contributed by atoms with Crippen molar-refractivity contribution in [3.63, 3.8) is 0 Å². The van der Waals surface area contributed by atoms with Crippen molar-refractivity contribution < 1.29 is 14.6 Å². The van der Waals surface area contributed by atoms with Gasteiger partial charge < -0.3 is 20.1 Å². The maximum Gasteiger partial charge on any atom is 0.410 e. The number of carbonyl (C=O) groups excluding carboxylic acids is 1. The second-order valence-electron chi connectivity index (χ2n) is 7.35. The summed E-state index contributed by atoms with van der Waals surface area (Å²) in [6.07, 6.45) is 1.77. The number of nitrogens with zero attached hydrogens (tertiary/aromatic N) is 1. The quantitative estimate of drug-likeness (QED) is 0.817. The van der Waals surface area contributed by atoms with Crippen molar-refractivity contribution in [2.45, 2.75) is 59.1 Å². The molecule has 0 bridgehead atoms. The van der Waals surface area contributed by atoms with Gasteiger partial charge in [0, 0.05) is 19.1 Å². The van der Waals surface area contributed by atoms with Gasteiger partial charge in [0.25, 0.3) is 0 Å². The molecule has 0 aromatic carbocycles. The molecule has 1 fully saturated rings. The van der Waals surface area contributed by atoms with Gasteiger partial charge in [-0.15, -0.1) is 0 Å². The van der Waals surface area contributed by atoms with Crippen LogP contribution in [0.15, 0.2) is 0 Å². The molecular formula is C16H32N2O3. The molecule has 1 rings (SSSR count). The van der Waals surface area contributed by atoms with E-state index in [1.54, 1.807) is 4.90 Å². The maximum atomic E-state index is 12.0. The van der Waals surface area contributed by atoms with Crippen LogP contribution in [0.3, 0.4) is 0 Å². The van der Waals surface area contributed by atoms with E-state index in [0.717, 1.165) is 32.5 Å². The summed E-state index contributed by atoms with van der Waals surface area (Å²) >= 11 is 0. The third kappa shape index (κ3) is 6.66. The summed E-state index contributed by atoms with van der Waals surface area (Å²) in [6.45, 7) is 12.5. The zero-order chi connectivity index (χ0) is 16.0. The van der Waals surface area contributed by atoms with Crippen molar-refractivity contribution >= 4 is 6.09 Å². The number of carbonyl (C=O) groups is 1. The number of rotatable bonds is 5. The summed E-state index contributed by atoms with van der Waals surface area (Å²) in [7, 11) is 0. The number of amides is 1. The van der Waals surface area contributed by atoms with Crippen LogP contribution in [0.4, 0.5) is 4.79 Å². The Morgan fingerprint density at radius 1 is 1.33 bits per heavy atom. The van der Waals surface area contributed by atoms with Gasteiger partial charge in [0.1, 0.15) is 5.60 Å². The number of likely N-dealkylation sites (tertiary alicyclic amines) is 1. The number of hydrogen-bond donors (Lipinski definition) is 2. The fraction of sp³-hybridized carbons (Fsp3) is 0.938. The Hall–Kier alpha value is -0.810. The third-order valence-electron chi connectivity index (χ3n) is 3.94. The molecule has 5 nitrogen and oxygen atoms in total. The van der Waals surface area contributed by atoms with Crippen LogP contribution in [0.25, 0.3) is 0 Å². The van der Waals surface area contributed by atoms with E-state index in [2.05, 4.69) is 19.2 Å². The van der Waals surface area contributed by atoms with Crippen molar-refractivity contribution in [3.05, 3.63) is 0 Å². The van der Waals surface area contributed by atoms with Gasteiger partial charge in [0.05, 0.1) is 6.61 Å². The molecule has 5 heteroatoms. The van der Waals surface area contributed by atoms with Crippen molar-refractivity contribution in [1.82, 2.24) is 10.2 Å². The number of nitrogens with one attached hydrogen (secondary N) is 1. The summed E-state index contributed by atoms with van der Waals surface area (Å²) < 4.78 is 5.40. The highest BCUT2D eigenvalue weighted by molar-refractivity contribution is 5.68. The average molecular weight is 300 g/mol. The molecule has 1 unspecified atom stereocenters. The van der Waals surface area contributed by atoms with Gasteiger partial charge in [-0.3, -0.25) is 0 Å². The van der Waals surface area contributed by atoms with E-state index in [-0.39, 0.29) is 18.7 Å². The summed E-state index contributed by atoms with van der Waals surface area (Å²) in [5.74, 6) is 0.994. The van der Waals surface area contributed by atoms with Crippen LogP contribution in [0.1, 0.15) is 47.5 Å². The minimum absolute atomic E-state index is 0.161. The van der Waals surface area contributed by atoms with E-state index in [4.69, 9.17) is 4.74 Å². The summed E-state index contributed by atoms with van der Waals surface area (Å²) in [5.41, 5.74) is -0.429. The van der Waals surface area contributed by atoms with Gasteiger partial charge in [-0.25, -0.2) is 4.79 Å². The third-order valence-corrected chi connectivity index (χ3v) is 3.94. The van der Waals surface area contributed by atoms with E-state index in [1.807, 2.05) is 20.8 Å². The summed E-state index contributed by atoms with van der Waals surface area (Å²) in [6, 6.07) is 0.161. The lowest BCUT2D eigenvalue weighted by molar-refractivity contribution is 0.0182. The van der Waals surface area contributed by atoms with E-state index in [0.29, 0.717) is 11.8 Å². The molecule has 1 amide bonds. The Morgan fingerprint density at radius 3 is 2.33 bits per heavy atom. The molecule has 21 heavy (non-hydrogen) atoms. The highest BCUT2D eigenvalue weighted by atomic mass is 16.6. The van der Waals surface area contributed by atoms with Gasteiger partial charge >= 0.3 is 6.09 Å². The standard InChI is InChI=1S/C16H32N2O3/c1-12(2)14(11-19)17-10-13-6-8-18(9-7-13)15(20)21-16(3,4)5/h12-14,17,19H,6-11H2,1-5H3. The fourth-order valence-corrected chi connectivity index (χ4v) is 2.48. The number of aliphatic hydroxyl groups is 1. The molecule has 124 valence electrons. The zero-order valence-electron chi connectivity index (χ0n) is 14.2. The van der Waals surface area contributed by atoms with Crippen LogP contribution in [-0.4, -0.2) is 54.0 Å². The molecule has 0 aromatic heterocycles. The van der Waals surface area contributed by atoms with Crippen molar-refractivity contribution in [3.8, 4) is 0 Å². The van der Waals surface area contributed by atoms with Crippen LogP contribution < -0.4 is 5.32 Å². The molecular weight excluding hydrogens is 268 g/mol. The van der Waals surface area contributed by atoms with Crippen LogP contribution >= 0.6 is 0 Å². The Balaban J connectivity index is 2.30. The molecule has 1 aliphatic heterocycles. The second-order valence-corrected chi connectivity index (χ2v) is 7.35. The van der Waals surface area contributed by atoms with Gasteiger partial charge in [0.2, 0.25) is 0 Å². The Morgan fingerprint density at radius 2 is 1.90 bits per heavy atom. The smallest absolute Gasteiger partial charge is 0.410 e. The lowest BCUT2D eigenvalue weighted by atomic mass is 9.96. The predicted octanol–water partition coefficient (Wildman–Crippen LogP) is 2.24. The molecule has 0 aromatic rings. The van der Waals surface area contributed by atoms with Gasteiger partial charge in [0.15, 0.2) is 0 Å². The lowest BCUT2D eigenvalue weighted by Gasteiger charge is -2.34. The summed E-state index contributed by atoms with van der Waals surface area (Å²) in [5, 5.41) is 12.8. The molecule has 1 aliphatic rings. The highest BCUT2D eigenvalue weighted by Gasteiger charge is 2.27. The van der Waals surface area contributed by atoms with Crippen LogP contribution in [0, 0.1) is 11.8 Å². The SMILES string of the molecule is CC(C)C(CO)NCC1CCN(C(=O)OC(C)(C)C)CC1. The van der Waals surface area contributed by atoms with Crippen molar-refractivity contribution in [2.75, 3.05) is 26.2 Å². The van der Waals surface area contributed by atoms with Crippen molar-refractivity contribution in [2.24, 2.45) is 11.8 Å². The topological polar surface area (TPSA) is 61.8 Å². The van der Waals surface area contributed by atoms with Gasteiger partial charge in [-0.05, 0) is 52.0 Å². The Kier molecular flexibility index (Phi) is 6.94. The minimum Gasteiger partial charge on any atom is -0.444 e. The highest BCUT2D eigenvalue weighted by Crippen LogP contribution is 2.19. The van der Waals surface area contributed by atoms with E-state index in [9.17, 15) is 9.90 Å². The van der Waals surface area contributed by atoms with Crippen LogP contribution in [-0.2, 0) is 4.74 Å². The molecule has 1 atom stereocenters. The molecule has 0 aliphatic carbocycles. The molecule has 1 heterocycles. The normalized spacial score (nSPS) is 18.9. The van der Waals surface area contributed by atoms with Crippen LogP contribution in [0.2, 0.25) is 0 Å². The second kappa shape index (κ2) is 7.99. The Labute approximate surface area is 129 Å².